The Morgan fingerprint density at radius 3 is 2.00 bits per heavy atom. The molecule has 0 saturated heterocycles. The molecule has 3 N–H and O–H groups in total. The van der Waals surface area contributed by atoms with Crippen molar-refractivity contribution in [3.63, 3.8) is 0 Å². The summed E-state index contributed by atoms with van der Waals surface area (Å²) in [6.07, 6.45) is 1.88. The third-order valence-corrected chi connectivity index (χ3v) is 2.95. The highest BCUT2D eigenvalue weighted by Gasteiger charge is 2.34. The predicted octanol–water partition coefficient (Wildman–Crippen LogP) is 2.12. The van der Waals surface area contributed by atoms with Gasteiger partial charge in [-0.1, -0.05) is 20.3 Å². The van der Waals surface area contributed by atoms with Gasteiger partial charge in [-0.25, -0.2) is 9.59 Å². The van der Waals surface area contributed by atoms with Crippen molar-refractivity contribution in [3.05, 3.63) is 0 Å². The Kier molecular flexibility index (Phi) is 5.45. The fourth-order valence-corrected chi connectivity index (χ4v) is 1.40. The third kappa shape index (κ3) is 5.06. The van der Waals surface area contributed by atoms with Gasteiger partial charge in [-0.2, -0.15) is 0 Å². The van der Waals surface area contributed by atoms with Crippen molar-refractivity contribution in [1.82, 2.24) is 10.6 Å². The second-order valence-corrected chi connectivity index (χ2v) is 5.20. The molecule has 0 radical (unpaired) electrons. The summed E-state index contributed by atoms with van der Waals surface area (Å²) < 4.78 is 0. The summed E-state index contributed by atoms with van der Waals surface area (Å²) in [7, 11) is 0. The summed E-state index contributed by atoms with van der Waals surface area (Å²) in [6.45, 7) is 9.16. The van der Waals surface area contributed by atoms with E-state index in [-0.39, 0.29) is 5.54 Å². The molecule has 0 aromatic heterocycles. The van der Waals surface area contributed by atoms with Crippen molar-refractivity contribution in [3.8, 4) is 0 Å². The highest BCUT2D eigenvalue weighted by molar-refractivity contribution is 5.86. The maximum Gasteiger partial charge on any atom is 0.329 e. The average Bonchev–Trinajstić information content (AvgIpc) is 2.16. The molecule has 0 aliphatic rings. The second kappa shape index (κ2) is 5.89. The van der Waals surface area contributed by atoms with Gasteiger partial charge in [0.15, 0.2) is 0 Å². The molecule has 0 aromatic rings. The van der Waals surface area contributed by atoms with Crippen molar-refractivity contribution in [2.24, 2.45) is 0 Å². The molecular weight excluding hydrogens is 220 g/mol. The minimum Gasteiger partial charge on any atom is -0.480 e. The summed E-state index contributed by atoms with van der Waals surface area (Å²) in [4.78, 5) is 22.9. The van der Waals surface area contributed by atoms with Gasteiger partial charge in [0.2, 0.25) is 0 Å². The highest BCUT2D eigenvalue weighted by Crippen LogP contribution is 2.13. The minimum absolute atomic E-state index is 0.338. The zero-order valence-electron chi connectivity index (χ0n) is 11.4. The molecule has 0 rings (SSSR count). The SMILES string of the molecule is CCCC(C)(NC(=O)NC(C)(C)CC)C(=O)O. The van der Waals surface area contributed by atoms with Gasteiger partial charge in [-0.15, -0.1) is 0 Å². The van der Waals surface area contributed by atoms with Crippen LogP contribution in [0.3, 0.4) is 0 Å². The van der Waals surface area contributed by atoms with Gasteiger partial charge in [0.05, 0.1) is 0 Å². The van der Waals surface area contributed by atoms with Crippen LogP contribution >= 0.6 is 0 Å². The first-order chi connectivity index (χ1) is 7.67. The molecule has 5 heteroatoms. The van der Waals surface area contributed by atoms with Crippen LogP contribution in [-0.4, -0.2) is 28.2 Å². The quantitative estimate of drug-likeness (QED) is 0.669. The van der Waals surface area contributed by atoms with Crippen molar-refractivity contribution < 1.29 is 14.7 Å². The van der Waals surface area contributed by atoms with E-state index in [0.29, 0.717) is 12.8 Å². The van der Waals surface area contributed by atoms with E-state index < -0.39 is 17.5 Å². The molecule has 0 aliphatic heterocycles. The number of rotatable bonds is 6. The summed E-state index contributed by atoms with van der Waals surface area (Å²) in [5, 5.41) is 14.4. The molecule has 0 bridgehead atoms. The number of carbonyl (C=O) groups is 2. The van der Waals surface area contributed by atoms with Crippen molar-refractivity contribution in [1.29, 1.82) is 0 Å². The van der Waals surface area contributed by atoms with E-state index in [0.717, 1.165) is 6.42 Å². The molecule has 0 aromatic carbocycles. The van der Waals surface area contributed by atoms with Crippen molar-refractivity contribution in [2.45, 2.75) is 65.0 Å². The molecule has 0 spiro atoms. The first-order valence-electron chi connectivity index (χ1n) is 6.00. The van der Waals surface area contributed by atoms with Gasteiger partial charge in [0.1, 0.15) is 5.54 Å². The van der Waals surface area contributed by atoms with E-state index in [1.807, 2.05) is 27.7 Å². The third-order valence-electron chi connectivity index (χ3n) is 2.95. The normalized spacial score (nSPS) is 14.9. The van der Waals surface area contributed by atoms with Crippen molar-refractivity contribution >= 4 is 12.0 Å². The van der Waals surface area contributed by atoms with Crippen LogP contribution < -0.4 is 10.6 Å². The Morgan fingerprint density at radius 1 is 1.12 bits per heavy atom. The molecule has 0 heterocycles. The Bertz CT molecular complexity index is 289. The maximum atomic E-state index is 11.7. The fourth-order valence-electron chi connectivity index (χ4n) is 1.40. The predicted molar refractivity (Wildman–Crippen MR) is 67.0 cm³/mol. The summed E-state index contributed by atoms with van der Waals surface area (Å²) in [5.74, 6) is -1.01. The Labute approximate surface area is 103 Å². The number of nitrogens with one attached hydrogen (secondary N) is 2. The molecule has 100 valence electrons. The number of hydrogen-bond donors (Lipinski definition) is 3. The maximum absolute atomic E-state index is 11.7. The lowest BCUT2D eigenvalue weighted by Gasteiger charge is -2.30. The Hall–Kier alpha value is -1.26. The van der Waals surface area contributed by atoms with Crippen LogP contribution in [0.4, 0.5) is 4.79 Å². The van der Waals surface area contributed by atoms with Crippen LogP contribution in [0.25, 0.3) is 0 Å². The number of carbonyl (C=O) groups excluding carboxylic acids is 1. The highest BCUT2D eigenvalue weighted by atomic mass is 16.4. The lowest BCUT2D eigenvalue weighted by molar-refractivity contribution is -0.144. The topological polar surface area (TPSA) is 78.4 Å². The molecule has 2 amide bonds. The van der Waals surface area contributed by atoms with Crippen LogP contribution in [0.2, 0.25) is 0 Å². The van der Waals surface area contributed by atoms with Crippen LogP contribution in [0.1, 0.15) is 53.9 Å². The number of amides is 2. The van der Waals surface area contributed by atoms with Crippen LogP contribution in [0, 0.1) is 0 Å². The van der Waals surface area contributed by atoms with Crippen LogP contribution in [0.15, 0.2) is 0 Å². The zero-order chi connectivity index (χ0) is 13.7. The molecule has 0 fully saturated rings. The van der Waals surface area contributed by atoms with E-state index in [9.17, 15) is 9.59 Å². The average molecular weight is 244 g/mol. The summed E-state index contributed by atoms with van der Waals surface area (Å²) in [6, 6.07) is -0.435. The summed E-state index contributed by atoms with van der Waals surface area (Å²) >= 11 is 0. The van der Waals surface area contributed by atoms with Crippen LogP contribution in [0.5, 0.6) is 0 Å². The number of carboxylic acids is 1. The van der Waals surface area contributed by atoms with E-state index in [1.165, 1.54) is 6.92 Å². The van der Waals surface area contributed by atoms with Gasteiger partial charge in [0, 0.05) is 5.54 Å². The first-order valence-corrected chi connectivity index (χ1v) is 6.00. The molecule has 5 nitrogen and oxygen atoms in total. The first kappa shape index (κ1) is 15.7. The monoisotopic (exact) mass is 244 g/mol. The molecule has 17 heavy (non-hydrogen) atoms. The van der Waals surface area contributed by atoms with Gasteiger partial charge < -0.3 is 15.7 Å². The smallest absolute Gasteiger partial charge is 0.329 e. The number of aliphatic carboxylic acids is 1. The van der Waals surface area contributed by atoms with E-state index in [2.05, 4.69) is 10.6 Å². The molecule has 1 atom stereocenters. The number of carboxylic acid groups (broad SMARTS) is 1. The van der Waals surface area contributed by atoms with Gasteiger partial charge in [0.25, 0.3) is 0 Å². The lowest BCUT2D eigenvalue weighted by atomic mass is 9.96. The van der Waals surface area contributed by atoms with Gasteiger partial charge in [-0.3, -0.25) is 0 Å². The Balaban J connectivity index is 4.58. The lowest BCUT2D eigenvalue weighted by Crippen LogP contribution is -2.58. The fraction of sp³-hybridized carbons (Fsp3) is 0.833. The van der Waals surface area contributed by atoms with Gasteiger partial charge in [-0.05, 0) is 33.6 Å². The van der Waals surface area contributed by atoms with Crippen LogP contribution in [-0.2, 0) is 4.79 Å². The van der Waals surface area contributed by atoms with E-state index >= 15 is 0 Å². The standard InChI is InChI=1S/C12H24N2O3/c1-6-8-12(5,9(15)16)14-10(17)13-11(3,4)7-2/h6-8H2,1-5H3,(H,15,16)(H2,13,14,17). The van der Waals surface area contributed by atoms with Gasteiger partial charge >= 0.3 is 12.0 Å². The van der Waals surface area contributed by atoms with E-state index in [1.54, 1.807) is 0 Å². The van der Waals surface area contributed by atoms with E-state index in [4.69, 9.17) is 5.11 Å². The largest absolute Gasteiger partial charge is 0.480 e. The molecule has 0 saturated carbocycles. The molecular formula is C12H24N2O3. The second-order valence-electron chi connectivity index (χ2n) is 5.20. The number of urea groups is 1. The Morgan fingerprint density at radius 2 is 1.65 bits per heavy atom. The number of hydrogen-bond acceptors (Lipinski definition) is 2. The summed E-state index contributed by atoms with van der Waals surface area (Å²) in [5.41, 5.74) is -1.54. The minimum atomic E-state index is -1.21. The zero-order valence-corrected chi connectivity index (χ0v) is 11.4. The van der Waals surface area contributed by atoms with Crippen molar-refractivity contribution in [2.75, 3.05) is 0 Å². The molecule has 0 aliphatic carbocycles. The molecule has 1 unspecified atom stereocenters.